The normalized spacial score (nSPS) is 14.2. The highest BCUT2D eigenvalue weighted by Gasteiger charge is 2.27. The van der Waals surface area contributed by atoms with Crippen LogP contribution in [0.5, 0.6) is 11.5 Å². The first-order valence-electron chi connectivity index (χ1n) is 9.93. The van der Waals surface area contributed by atoms with E-state index in [9.17, 15) is 4.79 Å². The van der Waals surface area contributed by atoms with E-state index in [0.717, 1.165) is 28.3 Å². The molecular weight excluding hydrogens is 410 g/mol. The number of hydrogen-bond donors (Lipinski definition) is 3. The fourth-order valence-corrected chi connectivity index (χ4v) is 3.61. The lowest BCUT2D eigenvalue weighted by atomic mass is 10.1. The summed E-state index contributed by atoms with van der Waals surface area (Å²) >= 11 is 5.33. The Kier molecular flexibility index (Phi) is 6.33. The summed E-state index contributed by atoms with van der Waals surface area (Å²) in [7, 11) is 1.63. The molecule has 1 aliphatic heterocycles. The van der Waals surface area contributed by atoms with Crippen molar-refractivity contribution >= 4 is 34.6 Å². The number of methoxy groups -OCH3 is 1. The van der Waals surface area contributed by atoms with Crippen LogP contribution in [0.3, 0.4) is 0 Å². The number of benzene rings is 3. The van der Waals surface area contributed by atoms with Crippen molar-refractivity contribution in [2.75, 3.05) is 17.7 Å². The summed E-state index contributed by atoms with van der Waals surface area (Å²) in [6.07, 6.45) is 0.573. The Morgan fingerprint density at radius 1 is 1.06 bits per heavy atom. The molecule has 1 atom stereocenters. The summed E-state index contributed by atoms with van der Waals surface area (Å²) in [6, 6.07) is 22.7. The van der Waals surface area contributed by atoms with Gasteiger partial charge in [-0.1, -0.05) is 36.4 Å². The molecule has 1 amide bonds. The molecule has 3 N–H and O–H groups in total. The molecule has 0 aliphatic carbocycles. The SMILES string of the molecule is COc1ccc2c(c1)CC(C(=O)NC(=S)Nc1cccc(OCc3ccccc3)c1)N2. The monoisotopic (exact) mass is 433 g/mol. The molecule has 3 aromatic rings. The van der Waals surface area contributed by atoms with Crippen LogP contribution < -0.4 is 25.4 Å². The van der Waals surface area contributed by atoms with Gasteiger partial charge in [-0.15, -0.1) is 0 Å². The van der Waals surface area contributed by atoms with Crippen molar-refractivity contribution in [3.05, 3.63) is 83.9 Å². The third kappa shape index (κ3) is 5.32. The quantitative estimate of drug-likeness (QED) is 0.508. The standard InChI is InChI=1S/C24H23N3O3S/c1-29-19-10-11-21-17(12-19)13-22(26-21)23(28)27-24(31)25-18-8-5-9-20(14-18)30-15-16-6-3-2-4-7-16/h2-12,14,22,26H,13,15H2,1H3,(H2,25,27,28,31). The second kappa shape index (κ2) is 9.49. The zero-order chi connectivity index (χ0) is 21.6. The number of amides is 1. The van der Waals surface area contributed by atoms with Crippen LogP contribution in [0.4, 0.5) is 11.4 Å². The highest BCUT2D eigenvalue weighted by Crippen LogP contribution is 2.29. The molecule has 4 rings (SSSR count). The number of carbonyl (C=O) groups excluding carboxylic acids is 1. The van der Waals surface area contributed by atoms with E-state index in [1.165, 1.54) is 0 Å². The molecule has 31 heavy (non-hydrogen) atoms. The number of carbonyl (C=O) groups is 1. The zero-order valence-corrected chi connectivity index (χ0v) is 17.9. The van der Waals surface area contributed by atoms with Crippen LogP contribution >= 0.6 is 12.2 Å². The van der Waals surface area contributed by atoms with Crippen molar-refractivity contribution in [3.8, 4) is 11.5 Å². The van der Waals surface area contributed by atoms with Gasteiger partial charge in [-0.25, -0.2) is 0 Å². The minimum absolute atomic E-state index is 0.191. The zero-order valence-electron chi connectivity index (χ0n) is 17.1. The predicted octanol–water partition coefficient (Wildman–Crippen LogP) is 4.12. The number of thiocarbonyl (C=S) groups is 1. The fourth-order valence-electron chi connectivity index (χ4n) is 3.39. The maximum atomic E-state index is 12.6. The summed E-state index contributed by atoms with van der Waals surface area (Å²) in [5.41, 5.74) is 3.80. The summed E-state index contributed by atoms with van der Waals surface area (Å²) < 4.78 is 11.1. The Hall–Kier alpha value is -3.58. The van der Waals surface area contributed by atoms with Gasteiger partial charge in [-0.3, -0.25) is 4.79 Å². The number of ether oxygens (including phenoxy) is 2. The third-order valence-corrected chi connectivity index (χ3v) is 5.16. The minimum Gasteiger partial charge on any atom is -0.497 e. The van der Waals surface area contributed by atoms with Gasteiger partial charge >= 0.3 is 0 Å². The third-order valence-electron chi connectivity index (χ3n) is 4.96. The van der Waals surface area contributed by atoms with Gasteiger partial charge in [-0.2, -0.15) is 0 Å². The van der Waals surface area contributed by atoms with E-state index < -0.39 is 0 Å². The average molecular weight is 434 g/mol. The van der Waals surface area contributed by atoms with E-state index in [-0.39, 0.29) is 17.1 Å². The Balaban J connectivity index is 1.30. The molecule has 0 spiro atoms. The van der Waals surface area contributed by atoms with Crippen molar-refractivity contribution in [3.63, 3.8) is 0 Å². The van der Waals surface area contributed by atoms with Crippen LogP contribution in [-0.4, -0.2) is 24.2 Å². The largest absolute Gasteiger partial charge is 0.497 e. The second-order valence-corrected chi connectivity index (χ2v) is 7.58. The molecule has 0 bridgehead atoms. The molecule has 0 saturated carbocycles. The van der Waals surface area contributed by atoms with Gasteiger partial charge in [0.1, 0.15) is 24.1 Å². The van der Waals surface area contributed by atoms with Gasteiger partial charge < -0.3 is 25.4 Å². The molecule has 6 nitrogen and oxygen atoms in total. The van der Waals surface area contributed by atoms with Crippen molar-refractivity contribution in [1.82, 2.24) is 5.32 Å². The molecular formula is C24H23N3O3S. The van der Waals surface area contributed by atoms with Gasteiger partial charge in [0.15, 0.2) is 5.11 Å². The first-order chi connectivity index (χ1) is 15.1. The summed E-state index contributed by atoms with van der Waals surface area (Å²) in [5, 5.41) is 9.26. The first kappa shape index (κ1) is 20.7. The molecule has 0 radical (unpaired) electrons. The van der Waals surface area contributed by atoms with Gasteiger partial charge in [0.25, 0.3) is 0 Å². The van der Waals surface area contributed by atoms with Crippen molar-refractivity contribution in [2.45, 2.75) is 19.1 Å². The van der Waals surface area contributed by atoms with Crippen LogP contribution in [0.1, 0.15) is 11.1 Å². The summed E-state index contributed by atoms with van der Waals surface area (Å²) in [6.45, 7) is 0.476. The van der Waals surface area contributed by atoms with Crippen molar-refractivity contribution in [2.24, 2.45) is 0 Å². The first-order valence-corrected chi connectivity index (χ1v) is 10.3. The Labute approximate surface area is 186 Å². The van der Waals surface area contributed by atoms with Gasteiger partial charge in [-0.05, 0) is 53.7 Å². The van der Waals surface area contributed by atoms with Gasteiger partial charge in [0, 0.05) is 23.9 Å². The highest BCUT2D eigenvalue weighted by molar-refractivity contribution is 7.80. The maximum Gasteiger partial charge on any atom is 0.248 e. The molecule has 1 unspecified atom stereocenters. The lowest BCUT2D eigenvalue weighted by Crippen LogP contribution is -2.43. The van der Waals surface area contributed by atoms with E-state index in [4.69, 9.17) is 21.7 Å². The molecule has 3 aromatic carbocycles. The predicted molar refractivity (Wildman–Crippen MR) is 126 cm³/mol. The maximum absolute atomic E-state index is 12.6. The average Bonchev–Trinajstić information content (AvgIpc) is 3.22. The van der Waals surface area contributed by atoms with Gasteiger partial charge in [0.05, 0.1) is 7.11 Å². The number of fused-ring (bicyclic) bond motifs is 1. The van der Waals surface area contributed by atoms with E-state index in [0.29, 0.717) is 18.8 Å². The lowest BCUT2D eigenvalue weighted by Gasteiger charge is -2.14. The Morgan fingerprint density at radius 2 is 1.90 bits per heavy atom. The highest BCUT2D eigenvalue weighted by atomic mass is 32.1. The second-order valence-electron chi connectivity index (χ2n) is 7.17. The molecule has 0 fully saturated rings. The minimum atomic E-state index is -0.387. The fraction of sp³-hybridized carbons (Fsp3) is 0.167. The molecule has 1 aliphatic rings. The van der Waals surface area contributed by atoms with Crippen LogP contribution in [0, 0.1) is 0 Å². The van der Waals surface area contributed by atoms with E-state index in [1.807, 2.05) is 72.8 Å². The lowest BCUT2D eigenvalue weighted by molar-refractivity contribution is -0.120. The molecule has 0 saturated heterocycles. The van der Waals surface area contributed by atoms with Crippen LogP contribution in [-0.2, 0) is 17.8 Å². The van der Waals surface area contributed by atoms with E-state index >= 15 is 0 Å². The molecule has 7 heteroatoms. The smallest absolute Gasteiger partial charge is 0.248 e. The van der Waals surface area contributed by atoms with Crippen LogP contribution in [0.2, 0.25) is 0 Å². The van der Waals surface area contributed by atoms with Crippen LogP contribution in [0.15, 0.2) is 72.8 Å². The summed E-state index contributed by atoms with van der Waals surface area (Å²) in [5.74, 6) is 1.29. The van der Waals surface area contributed by atoms with E-state index in [2.05, 4.69) is 16.0 Å². The molecule has 158 valence electrons. The Bertz CT molecular complexity index is 1090. The van der Waals surface area contributed by atoms with E-state index in [1.54, 1.807) is 7.11 Å². The topological polar surface area (TPSA) is 71.6 Å². The van der Waals surface area contributed by atoms with Crippen LogP contribution in [0.25, 0.3) is 0 Å². The van der Waals surface area contributed by atoms with Crippen molar-refractivity contribution in [1.29, 1.82) is 0 Å². The Morgan fingerprint density at radius 3 is 2.71 bits per heavy atom. The number of anilines is 2. The number of rotatable bonds is 6. The number of nitrogens with one attached hydrogen (secondary N) is 3. The number of hydrogen-bond acceptors (Lipinski definition) is 5. The molecule has 0 aromatic heterocycles. The van der Waals surface area contributed by atoms with Gasteiger partial charge in [0.2, 0.25) is 5.91 Å². The van der Waals surface area contributed by atoms with Crippen molar-refractivity contribution < 1.29 is 14.3 Å². The molecule has 1 heterocycles. The summed E-state index contributed by atoms with van der Waals surface area (Å²) in [4.78, 5) is 12.6.